The highest BCUT2D eigenvalue weighted by Gasteiger charge is 2.26. The standard InChI is InChI=1S/C17H20N4O4S/c1-13-12-20(10-9-18-13)16-8-7-15(11-17(16)21(22)23)26(24,25)19-14-5-3-2-4-6-14/h2-8,11,13,18-19H,9-10,12H2,1H3. The summed E-state index contributed by atoms with van der Waals surface area (Å²) in [5.74, 6) is 0. The monoisotopic (exact) mass is 376 g/mol. The van der Waals surface area contributed by atoms with Crippen molar-refractivity contribution in [3.63, 3.8) is 0 Å². The fraction of sp³-hybridized carbons (Fsp3) is 0.294. The molecule has 9 heteroatoms. The Balaban J connectivity index is 1.94. The van der Waals surface area contributed by atoms with Crippen LogP contribution in [0.4, 0.5) is 17.1 Å². The lowest BCUT2D eigenvalue weighted by atomic mass is 10.2. The Morgan fingerprint density at radius 1 is 1.23 bits per heavy atom. The van der Waals surface area contributed by atoms with E-state index in [2.05, 4.69) is 10.0 Å². The molecule has 1 unspecified atom stereocenters. The van der Waals surface area contributed by atoms with Crippen molar-refractivity contribution in [2.45, 2.75) is 17.9 Å². The summed E-state index contributed by atoms with van der Waals surface area (Å²) >= 11 is 0. The van der Waals surface area contributed by atoms with Crippen LogP contribution in [0.3, 0.4) is 0 Å². The minimum Gasteiger partial charge on any atom is -0.363 e. The predicted molar refractivity (Wildman–Crippen MR) is 100 cm³/mol. The van der Waals surface area contributed by atoms with Gasteiger partial charge in [0, 0.05) is 37.4 Å². The van der Waals surface area contributed by atoms with Crippen LogP contribution in [0.15, 0.2) is 53.4 Å². The van der Waals surface area contributed by atoms with E-state index in [9.17, 15) is 18.5 Å². The molecule has 1 heterocycles. The van der Waals surface area contributed by atoms with Crippen molar-refractivity contribution in [3.05, 3.63) is 58.6 Å². The molecule has 2 aromatic carbocycles. The molecule has 2 N–H and O–H groups in total. The van der Waals surface area contributed by atoms with Gasteiger partial charge in [0.15, 0.2) is 0 Å². The van der Waals surface area contributed by atoms with Gasteiger partial charge in [-0.3, -0.25) is 14.8 Å². The van der Waals surface area contributed by atoms with Gasteiger partial charge < -0.3 is 10.2 Å². The topological polar surface area (TPSA) is 105 Å². The third-order valence-corrected chi connectivity index (χ3v) is 5.57. The molecule has 2 aromatic rings. The minimum atomic E-state index is -3.91. The van der Waals surface area contributed by atoms with E-state index in [1.807, 2.05) is 11.8 Å². The van der Waals surface area contributed by atoms with Crippen LogP contribution in [0.1, 0.15) is 6.92 Å². The summed E-state index contributed by atoms with van der Waals surface area (Å²) in [6, 6.07) is 12.6. The molecule has 0 aromatic heterocycles. The molecule has 0 amide bonds. The summed E-state index contributed by atoms with van der Waals surface area (Å²) < 4.78 is 27.6. The van der Waals surface area contributed by atoms with Gasteiger partial charge in [0.05, 0.1) is 9.82 Å². The number of nitro benzene ring substituents is 1. The molecule has 138 valence electrons. The third kappa shape index (κ3) is 3.94. The van der Waals surface area contributed by atoms with Gasteiger partial charge in [-0.25, -0.2) is 8.42 Å². The SMILES string of the molecule is CC1CN(c2ccc(S(=O)(=O)Nc3ccccc3)cc2[N+](=O)[O-])CCN1. The van der Waals surface area contributed by atoms with Gasteiger partial charge in [-0.05, 0) is 31.2 Å². The second kappa shape index (κ2) is 7.30. The minimum absolute atomic E-state index is 0.139. The highest BCUT2D eigenvalue weighted by Crippen LogP contribution is 2.32. The molecule has 1 saturated heterocycles. The molecule has 1 aliphatic rings. The number of sulfonamides is 1. The molecule has 8 nitrogen and oxygen atoms in total. The van der Waals surface area contributed by atoms with Crippen molar-refractivity contribution < 1.29 is 13.3 Å². The molecule has 1 fully saturated rings. The number of nitro groups is 1. The molecule has 1 aliphatic heterocycles. The first kappa shape index (κ1) is 18.2. The van der Waals surface area contributed by atoms with Crippen molar-refractivity contribution in [2.24, 2.45) is 0 Å². The number of benzene rings is 2. The van der Waals surface area contributed by atoms with E-state index in [-0.39, 0.29) is 16.6 Å². The zero-order valence-electron chi connectivity index (χ0n) is 14.3. The van der Waals surface area contributed by atoms with Crippen molar-refractivity contribution in [2.75, 3.05) is 29.3 Å². The number of hydrogen-bond donors (Lipinski definition) is 2. The second-order valence-corrected chi connectivity index (χ2v) is 7.86. The second-order valence-electron chi connectivity index (χ2n) is 6.18. The Morgan fingerprint density at radius 3 is 2.62 bits per heavy atom. The van der Waals surface area contributed by atoms with Crippen molar-refractivity contribution in [1.29, 1.82) is 0 Å². The Bertz CT molecular complexity index is 902. The van der Waals surface area contributed by atoms with Gasteiger partial charge in [-0.1, -0.05) is 18.2 Å². The number of hydrogen-bond acceptors (Lipinski definition) is 6. The molecular weight excluding hydrogens is 356 g/mol. The third-order valence-electron chi connectivity index (χ3n) is 4.19. The summed E-state index contributed by atoms with van der Waals surface area (Å²) in [6.07, 6.45) is 0. The van der Waals surface area contributed by atoms with E-state index >= 15 is 0 Å². The van der Waals surface area contributed by atoms with Crippen LogP contribution in [0, 0.1) is 10.1 Å². The maximum Gasteiger partial charge on any atom is 0.293 e. The molecule has 3 rings (SSSR count). The highest BCUT2D eigenvalue weighted by molar-refractivity contribution is 7.92. The Morgan fingerprint density at radius 2 is 1.96 bits per heavy atom. The van der Waals surface area contributed by atoms with Crippen LogP contribution < -0.4 is 14.9 Å². The van der Waals surface area contributed by atoms with E-state index < -0.39 is 14.9 Å². The van der Waals surface area contributed by atoms with Crippen LogP contribution in [0.2, 0.25) is 0 Å². The van der Waals surface area contributed by atoms with Crippen LogP contribution in [-0.2, 0) is 10.0 Å². The molecule has 0 spiro atoms. The zero-order chi connectivity index (χ0) is 18.7. The summed E-state index contributed by atoms with van der Waals surface area (Å²) in [7, 11) is -3.91. The van der Waals surface area contributed by atoms with Crippen molar-refractivity contribution >= 4 is 27.1 Å². The number of nitrogens with one attached hydrogen (secondary N) is 2. The van der Waals surface area contributed by atoms with E-state index in [1.165, 1.54) is 12.1 Å². The van der Waals surface area contributed by atoms with Crippen LogP contribution in [-0.4, -0.2) is 39.0 Å². The molecule has 26 heavy (non-hydrogen) atoms. The maximum atomic E-state index is 12.6. The van der Waals surface area contributed by atoms with Crippen LogP contribution in [0.25, 0.3) is 0 Å². The summed E-state index contributed by atoms with van der Waals surface area (Å²) in [5.41, 5.74) is 0.618. The first-order valence-electron chi connectivity index (χ1n) is 8.21. The number of nitrogens with zero attached hydrogens (tertiary/aromatic N) is 2. The first-order valence-corrected chi connectivity index (χ1v) is 9.70. The average molecular weight is 376 g/mol. The van der Waals surface area contributed by atoms with Gasteiger partial charge >= 0.3 is 0 Å². The fourth-order valence-corrected chi connectivity index (χ4v) is 4.03. The average Bonchev–Trinajstić information content (AvgIpc) is 2.61. The largest absolute Gasteiger partial charge is 0.363 e. The van der Waals surface area contributed by atoms with Crippen LogP contribution >= 0.6 is 0 Å². The molecule has 0 bridgehead atoms. The Labute approximate surface area is 152 Å². The molecule has 0 aliphatic carbocycles. The summed E-state index contributed by atoms with van der Waals surface area (Å²) in [6.45, 7) is 3.96. The Hall–Kier alpha value is -2.65. The summed E-state index contributed by atoms with van der Waals surface area (Å²) in [4.78, 5) is 12.8. The molecular formula is C17H20N4O4S. The number of piperazine rings is 1. The van der Waals surface area contributed by atoms with Crippen molar-refractivity contribution in [1.82, 2.24) is 5.32 Å². The zero-order valence-corrected chi connectivity index (χ0v) is 15.1. The molecule has 0 saturated carbocycles. The molecule has 1 atom stereocenters. The number of rotatable bonds is 5. The smallest absolute Gasteiger partial charge is 0.293 e. The lowest BCUT2D eigenvalue weighted by molar-refractivity contribution is -0.384. The number of anilines is 2. The normalized spacial score (nSPS) is 17.7. The van der Waals surface area contributed by atoms with Gasteiger partial charge in [0.2, 0.25) is 0 Å². The van der Waals surface area contributed by atoms with E-state index in [4.69, 9.17) is 0 Å². The van der Waals surface area contributed by atoms with E-state index in [0.29, 0.717) is 31.0 Å². The summed E-state index contributed by atoms with van der Waals surface area (Å²) in [5, 5.41) is 14.8. The maximum absolute atomic E-state index is 12.6. The highest BCUT2D eigenvalue weighted by atomic mass is 32.2. The van der Waals surface area contributed by atoms with Gasteiger partial charge in [-0.2, -0.15) is 0 Å². The predicted octanol–water partition coefficient (Wildman–Crippen LogP) is 2.19. The van der Waals surface area contributed by atoms with Gasteiger partial charge in [-0.15, -0.1) is 0 Å². The lowest BCUT2D eigenvalue weighted by Gasteiger charge is -2.33. The number of para-hydroxylation sites is 1. The van der Waals surface area contributed by atoms with Gasteiger partial charge in [0.1, 0.15) is 5.69 Å². The molecule has 0 radical (unpaired) electrons. The lowest BCUT2D eigenvalue weighted by Crippen LogP contribution is -2.49. The fourth-order valence-electron chi connectivity index (χ4n) is 2.96. The van der Waals surface area contributed by atoms with Gasteiger partial charge in [0.25, 0.3) is 15.7 Å². The van der Waals surface area contributed by atoms with Crippen molar-refractivity contribution in [3.8, 4) is 0 Å². The van der Waals surface area contributed by atoms with E-state index in [0.717, 1.165) is 6.07 Å². The Kier molecular flexibility index (Phi) is 5.10. The van der Waals surface area contributed by atoms with Crippen LogP contribution in [0.5, 0.6) is 0 Å². The first-order chi connectivity index (χ1) is 12.4. The quantitative estimate of drug-likeness (QED) is 0.612. The van der Waals surface area contributed by atoms with E-state index in [1.54, 1.807) is 30.3 Å².